The van der Waals surface area contributed by atoms with Crippen LogP contribution in [0.2, 0.25) is 0 Å². The molecule has 0 saturated heterocycles. The van der Waals surface area contributed by atoms with Crippen molar-refractivity contribution in [1.29, 1.82) is 0 Å². The standard InChI is InChI=1S/C24H32N4O5.CH6N4.CH2O2/c1-5-8-18-21-22(27(4)26-18)23(29)28(20(6-2)25-21)13-14-33-17-11-9-16(10-12-17)15-19(24(30)31)32-7-3;2-1(3)5-4;2-1-3/h9-12,19H,5-8,13-15H2,1-4H3,(H,30,31);4H2,(H4,2,3,5);1H,(H,2,3)/t19-;;/m0../s1. The number of nitrogens with zero attached hydrogens (tertiary/aromatic N) is 4. The van der Waals surface area contributed by atoms with Gasteiger partial charge in [-0.05, 0) is 31.0 Å². The van der Waals surface area contributed by atoms with Crippen LogP contribution in [0.5, 0.6) is 5.75 Å². The molecule has 0 aliphatic rings. The fraction of sp³-hybridized carbons (Fsp3) is 0.462. The van der Waals surface area contributed by atoms with Crippen molar-refractivity contribution in [2.75, 3.05) is 13.2 Å². The molecule has 226 valence electrons. The number of hydrogen-bond acceptors (Lipinski definition) is 10. The van der Waals surface area contributed by atoms with Gasteiger partial charge in [0.25, 0.3) is 5.56 Å². The number of hydrazone groups is 1. The lowest BCUT2D eigenvalue weighted by atomic mass is 10.1. The van der Waals surface area contributed by atoms with Crippen LogP contribution in [0.4, 0.5) is 0 Å². The van der Waals surface area contributed by atoms with Gasteiger partial charge in [-0.15, -0.1) is 5.10 Å². The summed E-state index contributed by atoms with van der Waals surface area (Å²) in [5.74, 6) is 5.09. The number of hydrazine groups is 1. The fourth-order valence-corrected chi connectivity index (χ4v) is 3.87. The molecule has 0 amide bonds. The molecule has 8 N–H and O–H groups in total. The van der Waals surface area contributed by atoms with Gasteiger partial charge in [0.15, 0.2) is 5.52 Å². The molecule has 0 unspecified atom stereocenters. The van der Waals surface area contributed by atoms with E-state index in [1.54, 1.807) is 47.5 Å². The van der Waals surface area contributed by atoms with Crippen LogP contribution in [-0.4, -0.2) is 57.1 Å². The zero-order valence-corrected chi connectivity index (χ0v) is 23.9. The number of aliphatic carboxylic acids is 1. The van der Waals surface area contributed by atoms with Crippen LogP contribution in [-0.2, 0) is 47.2 Å². The number of carboxylic acids is 1. The maximum atomic E-state index is 13.2. The number of guanidine groups is 1. The Morgan fingerprint density at radius 2 is 1.85 bits per heavy atom. The lowest BCUT2D eigenvalue weighted by Crippen LogP contribution is -2.93. The molecule has 2 aromatic heterocycles. The van der Waals surface area contributed by atoms with E-state index in [1.165, 1.54) is 0 Å². The minimum absolute atomic E-state index is 0.114. The Balaban J connectivity index is 0.000000930. The van der Waals surface area contributed by atoms with Gasteiger partial charge >= 0.3 is 5.96 Å². The second kappa shape index (κ2) is 18.0. The molecule has 3 rings (SSSR count). The van der Waals surface area contributed by atoms with Gasteiger partial charge in [0.05, 0.1) is 18.2 Å². The van der Waals surface area contributed by atoms with Gasteiger partial charge in [0.2, 0.25) is 0 Å². The van der Waals surface area contributed by atoms with Crippen molar-refractivity contribution in [2.24, 2.45) is 18.6 Å². The van der Waals surface area contributed by atoms with E-state index in [2.05, 4.69) is 22.9 Å². The number of nitrogens with one attached hydrogen (secondary N) is 1. The quantitative estimate of drug-likeness (QED) is 0.0524. The molecule has 1 aromatic carbocycles. The molecule has 0 spiro atoms. The van der Waals surface area contributed by atoms with E-state index in [-0.39, 0.29) is 17.9 Å². The van der Waals surface area contributed by atoms with E-state index < -0.39 is 18.5 Å². The van der Waals surface area contributed by atoms with Crippen LogP contribution < -0.4 is 42.9 Å². The predicted octanol–water partition coefficient (Wildman–Crippen LogP) is -4.72. The number of carboxylic acid groups (broad SMARTS) is 2. The smallest absolute Gasteiger partial charge is 0.457 e. The highest BCUT2D eigenvalue weighted by molar-refractivity contribution is 5.76. The van der Waals surface area contributed by atoms with Crippen LogP contribution in [0.1, 0.15) is 44.3 Å². The van der Waals surface area contributed by atoms with Gasteiger partial charge in [0.1, 0.15) is 29.8 Å². The minimum Gasteiger partial charge on any atom is -0.554 e. The molecule has 0 aliphatic heterocycles. The van der Waals surface area contributed by atoms with Crippen LogP contribution >= 0.6 is 0 Å². The average Bonchev–Trinajstić information content (AvgIpc) is 3.26. The SMILES string of the molecule is CCCc1nn(C)c2c(=O)n(CCOc3ccc(C[C@H](OCC)C(=O)[O-])cc3)c(CC)nc12.N[NH+]=C(N)[NH3+].O=C[O-]. The number of aromatic nitrogens is 4. The van der Waals surface area contributed by atoms with Gasteiger partial charge in [-0.3, -0.25) is 25.6 Å². The monoisotopic (exact) mass is 576 g/mol. The third kappa shape index (κ3) is 10.5. The number of benzene rings is 1. The van der Waals surface area contributed by atoms with Gasteiger partial charge in [0, 0.05) is 33.0 Å². The van der Waals surface area contributed by atoms with E-state index >= 15 is 0 Å². The molecule has 3 aromatic rings. The first-order valence-electron chi connectivity index (χ1n) is 13.0. The third-order valence-corrected chi connectivity index (χ3v) is 5.64. The summed E-state index contributed by atoms with van der Waals surface area (Å²) < 4.78 is 14.3. The first kappa shape index (κ1) is 34.5. The molecule has 2 heterocycles. The van der Waals surface area contributed by atoms with Crippen molar-refractivity contribution in [2.45, 2.75) is 59.1 Å². The topological polar surface area (TPSA) is 245 Å². The highest BCUT2D eigenvalue weighted by atomic mass is 16.5. The van der Waals surface area contributed by atoms with Crippen molar-refractivity contribution in [3.63, 3.8) is 0 Å². The maximum Gasteiger partial charge on any atom is 0.457 e. The number of quaternary nitrogens is 1. The maximum absolute atomic E-state index is 13.2. The molecule has 15 nitrogen and oxygen atoms in total. The molecule has 41 heavy (non-hydrogen) atoms. The molecule has 15 heteroatoms. The van der Waals surface area contributed by atoms with Crippen molar-refractivity contribution in [3.8, 4) is 5.75 Å². The fourth-order valence-electron chi connectivity index (χ4n) is 3.87. The highest BCUT2D eigenvalue weighted by Crippen LogP contribution is 2.17. The van der Waals surface area contributed by atoms with Gasteiger partial charge in [-0.25, -0.2) is 10.7 Å². The van der Waals surface area contributed by atoms with Crippen molar-refractivity contribution in [1.82, 2.24) is 19.3 Å². The largest absolute Gasteiger partial charge is 0.554 e. The zero-order chi connectivity index (χ0) is 30.9. The van der Waals surface area contributed by atoms with Crippen molar-refractivity contribution >= 4 is 29.4 Å². The van der Waals surface area contributed by atoms with E-state index in [0.717, 1.165) is 24.1 Å². The highest BCUT2D eigenvalue weighted by Gasteiger charge is 2.18. The van der Waals surface area contributed by atoms with E-state index in [0.29, 0.717) is 48.8 Å². The first-order chi connectivity index (χ1) is 19.6. The third-order valence-electron chi connectivity index (χ3n) is 5.64. The summed E-state index contributed by atoms with van der Waals surface area (Å²) in [6.45, 7) is 6.25. The predicted molar refractivity (Wildman–Crippen MR) is 146 cm³/mol. The van der Waals surface area contributed by atoms with Crippen LogP contribution in [0.15, 0.2) is 29.1 Å². The molecule has 1 atom stereocenters. The van der Waals surface area contributed by atoms with Crippen LogP contribution in [0, 0.1) is 0 Å². The summed E-state index contributed by atoms with van der Waals surface area (Å²) in [7, 11) is 1.77. The number of nitrogens with two attached hydrogens (primary N) is 2. The van der Waals surface area contributed by atoms with Gasteiger partial charge < -0.3 is 29.3 Å². The van der Waals surface area contributed by atoms with E-state index in [4.69, 9.17) is 35.9 Å². The van der Waals surface area contributed by atoms with Crippen molar-refractivity contribution < 1.29 is 40.1 Å². The van der Waals surface area contributed by atoms with Gasteiger partial charge in [-0.1, -0.05) is 32.4 Å². The lowest BCUT2D eigenvalue weighted by molar-refractivity contribution is -0.515. The molecule has 0 radical (unpaired) electrons. The minimum atomic E-state index is -1.23. The number of aryl methyl sites for hydroxylation is 3. The molecular formula is C26H40N8O7. The Kier molecular flexibility index (Phi) is 15.1. The second-order valence-corrected chi connectivity index (χ2v) is 8.58. The summed E-state index contributed by atoms with van der Waals surface area (Å²) in [4.78, 5) is 37.3. The molecule has 0 saturated carbocycles. The summed E-state index contributed by atoms with van der Waals surface area (Å²) >= 11 is 0. The number of fused-ring (bicyclic) bond motifs is 1. The Bertz CT molecular complexity index is 1330. The number of carbonyl (C=O) groups is 2. The second-order valence-electron chi connectivity index (χ2n) is 8.58. The summed E-state index contributed by atoms with van der Waals surface area (Å²) in [6, 6.07) is 7.15. The number of hydrogen-bond donors (Lipinski definition) is 4. The van der Waals surface area contributed by atoms with E-state index in [9.17, 15) is 14.7 Å². The van der Waals surface area contributed by atoms with Crippen LogP contribution in [0.25, 0.3) is 11.0 Å². The first-order valence-corrected chi connectivity index (χ1v) is 13.0. The molecular weight excluding hydrogens is 536 g/mol. The molecule has 0 aliphatic carbocycles. The summed E-state index contributed by atoms with van der Waals surface area (Å²) in [6.07, 6.45) is 1.59. The molecule has 0 bridgehead atoms. The zero-order valence-electron chi connectivity index (χ0n) is 23.9. The van der Waals surface area contributed by atoms with Gasteiger partial charge in [-0.2, -0.15) is 5.10 Å². The summed E-state index contributed by atoms with van der Waals surface area (Å²) in [5.41, 5.74) is 10.8. The normalized spacial score (nSPS) is 11.6. The number of rotatable bonds is 12. The van der Waals surface area contributed by atoms with Crippen LogP contribution in [0.3, 0.4) is 0 Å². The molecule has 0 fully saturated rings. The Labute approximate surface area is 237 Å². The lowest BCUT2D eigenvalue weighted by Gasteiger charge is -2.18. The number of carbonyl (C=O) groups excluding carboxylic acids is 2. The Morgan fingerprint density at radius 3 is 2.34 bits per heavy atom. The van der Waals surface area contributed by atoms with Crippen molar-refractivity contribution in [3.05, 3.63) is 51.7 Å². The Hall–Kier alpha value is -4.50. The number of ether oxygens (including phenoxy) is 2. The van der Waals surface area contributed by atoms with E-state index in [1.807, 2.05) is 6.92 Å². The summed E-state index contributed by atoms with van der Waals surface area (Å²) in [5, 5.41) is 26.0. The Morgan fingerprint density at radius 1 is 1.24 bits per heavy atom. The average molecular weight is 577 g/mol.